The molecule has 1 aromatic carbocycles. The normalized spacial score (nSPS) is 13.0. The molecule has 0 fully saturated rings. The highest BCUT2D eigenvalue weighted by Gasteiger charge is 2.37. The van der Waals surface area contributed by atoms with Gasteiger partial charge in [-0.2, -0.15) is 26.3 Å². The lowest BCUT2D eigenvalue weighted by atomic mass is 10.0. The van der Waals surface area contributed by atoms with E-state index < -0.39 is 41.0 Å². The monoisotopic (exact) mass is 440 g/mol. The van der Waals surface area contributed by atoms with Gasteiger partial charge in [-0.05, 0) is 37.3 Å². The zero-order valence-electron chi connectivity index (χ0n) is 15.8. The molecule has 0 bridgehead atoms. The number of alkyl halides is 6. The van der Waals surface area contributed by atoms with Gasteiger partial charge in [0.05, 0.1) is 28.6 Å². The van der Waals surface area contributed by atoms with Crippen molar-refractivity contribution in [2.24, 2.45) is 0 Å². The van der Waals surface area contributed by atoms with Crippen molar-refractivity contribution in [1.29, 1.82) is 0 Å². The zero-order valence-corrected chi connectivity index (χ0v) is 15.8. The molecule has 1 amide bonds. The Morgan fingerprint density at radius 3 is 2.03 bits per heavy atom. The first kappa shape index (κ1) is 22.2. The first-order valence-electron chi connectivity index (χ1n) is 8.79. The first-order chi connectivity index (χ1) is 14.5. The van der Waals surface area contributed by atoms with Crippen LogP contribution in [0.25, 0.3) is 11.4 Å². The number of hydrogen-bond acceptors (Lipinski definition) is 4. The summed E-state index contributed by atoms with van der Waals surface area (Å²) in [5.74, 6) is -1.12. The third-order valence-electron chi connectivity index (χ3n) is 4.24. The minimum atomic E-state index is -5.06. The van der Waals surface area contributed by atoms with Gasteiger partial charge >= 0.3 is 12.4 Å². The van der Waals surface area contributed by atoms with E-state index in [0.29, 0.717) is 23.5 Å². The van der Waals surface area contributed by atoms with Crippen molar-refractivity contribution in [2.75, 3.05) is 0 Å². The van der Waals surface area contributed by atoms with Crippen LogP contribution in [0.4, 0.5) is 26.3 Å². The average molecular weight is 440 g/mol. The third kappa shape index (κ3) is 5.16. The van der Waals surface area contributed by atoms with Gasteiger partial charge in [0.2, 0.25) is 0 Å². The van der Waals surface area contributed by atoms with Crippen LogP contribution in [-0.4, -0.2) is 20.9 Å². The van der Waals surface area contributed by atoms with Crippen LogP contribution in [0.2, 0.25) is 0 Å². The number of halogens is 6. The highest BCUT2D eigenvalue weighted by atomic mass is 19.4. The van der Waals surface area contributed by atoms with Gasteiger partial charge in [-0.3, -0.25) is 19.7 Å². The van der Waals surface area contributed by atoms with Gasteiger partial charge in [-0.15, -0.1) is 0 Å². The molecule has 162 valence electrons. The average Bonchev–Trinajstić information content (AvgIpc) is 2.72. The number of carbonyl (C=O) groups excluding carboxylic acids is 1. The van der Waals surface area contributed by atoms with Crippen molar-refractivity contribution in [2.45, 2.75) is 25.3 Å². The second-order valence-electron chi connectivity index (χ2n) is 6.49. The molecule has 0 saturated carbocycles. The van der Waals surface area contributed by atoms with Crippen molar-refractivity contribution in [3.8, 4) is 11.4 Å². The number of carbonyl (C=O) groups is 1. The Labute approximate surface area is 172 Å². The second kappa shape index (κ2) is 8.32. The lowest BCUT2D eigenvalue weighted by Crippen LogP contribution is -2.28. The first-order valence-corrected chi connectivity index (χ1v) is 8.79. The lowest BCUT2D eigenvalue weighted by Gasteiger charge is -2.18. The Balaban J connectivity index is 1.94. The van der Waals surface area contributed by atoms with Crippen molar-refractivity contribution in [3.05, 3.63) is 77.4 Å². The van der Waals surface area contributed by atoms with Crippen LogP contribution in [0.15, 0.2) is 55.0 Å². The third-order valence-corrected chi connectivity index (χ3v) is 4.24. The Morgan fingerprint density at radius 2 is 1.48 bits per heavy atom. The van der Waals surface area contributed by atoms with E-state index in [1.807, 2.05) is 0 Å². The molecule has 0 radical (unpaired) electrons. The van der Waals surface area contributed by atoms with E-state index in [9.17, 15) is 31.1 Å². The summed E-state index contributed by atoms with van der Waals surface area (Å²) in [4.78, 5) is 25.0. The van der Waals surface area contributed by atoms with E-state index in [4.69, 9.17) is 0 Å². The molecule has 31 heavy (non-hydrogen) atoms. The van der Waals surface area contributed by atoms with Crippen LogP contribution in [-0.2, 0) is 12.4 Å². The van der Waals surface area contributed by atoms with E-state index in [-0.39, 0.29) is 11.8 Å². The van der Waals surface area contributed by atoms with Gasteiger partial charge in [0, 0.05) is 24.2 Å². The van der Waals surface area contributed by atoms with Crippen molar-refractivity contribution in [3.63, 3.8) is 0 Å². The smallest absolute Gasteiger partial charge is 0.344 e. The van der Waals surface area contributed by atoms with Crippen LogP contribution >= 0.6 is 0 Å². The largest absolute Gasteiger partial charge is 0.416 e. The van der Waals surface area contributed by atoms with Crippen LogP contribution in [0, 0.1) is 0 Å². The number of amides is 1. The molecular weight excluding hydrogens is 426 g/mol. The van der Waals surface area contributed by atoms with Gasteiger partial charge < -0.3 is 5.32 Å². The molecule has 0 spiro atoms. The fourth-order valence-electron chi connectivity index (χ4n) is 2.80. The molecule has 0 saturated heterocycles. The molecule has 5 nitrogen and oxygen atoms in total. The highest BCUT2D eigenvalue weighted by molar-refractivity contribution is 5.95. The summed E-state index contributed by atoms with van der Waals surface area (Å²) in [7, 11) is 0. The van der Waals surface area contributed by atoms with Crippen LogP contribution in [0.1, 0.15) is 40.1 Å². The quantitative estimate of drug-likeness (QED) is 0.576. The predicted molar refractivity (Wildman–Crippen MR) is 97.6 cm³/mol. The van der Waals surface area contributed by atoms with Gasteiger partial charge in [0.25, 0.3) is 5.91 Å². The number of nitrogens with zero attached hydrogens (tertiary/aromatic N) is 3. The minimum absolute atomic E-state index is 0.0396. The molecule has 0 aliphatic rings. The van der Waals surface area contributed by atoms with E-state index >= 15 is 0 Å². The molecule has 0 aliphatic heterocycles. The molecule has 2 heterocycles. The molecule has 1 unspecified atom stereocenters. The maximum absolute atomic E-state index is 13.0. The lowest BCUT2D eigenvalue weighted by molar-refractivity contribution is -0.143. The standard InChI is InChI=1S/C20H14F6N4O/c1-11(16-17(29-7-6-28-16)15-4-2-3-5-27-15)30-18(31)12-8-13(19(21,22)23)10-14(9-12)20(24,25)26/h2-11H,1H3,(H,30,31). The molecule has 11 heteroatoms. The summed E-state index contributed by atoms with van der Waals surface area (Å²) in [5.41, 5.74) is -2.93. The summed E-state index contributed by atoms with van der Waals surface area (Å²) < 4.78 is 78.3. The SMILES string of the molecule is CC(NC(=O)c1cc(C(F)(F)F)cc(C(F)(F)F)c1)c1nccnc1-c1ccccn1. The molecular formula is C20H14F6N4O. The van der Waals surface area contributed by atoms with E-state index in [1.165, 1.54) is 25.5 Å². The maximum atomic E-state index is 13.0. The van der Waals surface area contributed by atoms with Crippen molar-refractivity contribution >= 4 is 5.91 Å². The molecule has 1 atom stereocenters. The zero-order chi connectivity index (χ0) is 22.8. The van der Waals surface area contributed by atoms with Crippen LogP contribution < -0.4 is 5.32 Å². The fourth-order valence-corrected chi connectivity index (χ4v) is 2.80. The number of nitrogens with one attached hydrogen (secondary N) is 1. The van der Waals surface area contributed by atoms with Crippen molar-refractivity contribution < 1.29 is 31.1 Å². The molecule has 3 aromatic rings. The Kier molecular flexibility index (Phi) is 5.96. The fraction of sp³-hybridized carbons (Fsp3) is 0.200. The molecule has 2 aromatic heterocycles. The molecule has 1 N–H and O–H groups in total. The Bertz CT molecular complexity index is 1050. The number of pyridine rings is 1. The number of benzene rings is 1. The van der Waals surface area contributed by atoms with Crippen LogP contribution in [0.3, 0.4) is 0 Å². The predicted octanol–water partition coefficient (Wildman–Crippen LogP) is 5.07. The Hall–Kier alpha value is -3.50. The summed E-state index contributed by atoms with van der Waals surface area (Å²) >= 11 is 0. The summed E-state index contributed by atoms with van der Waals surface area (Å²) in [6.07, 6.45) is -5.86. The minimum Gasteiger partial charge on any atom is -0.344 e. The summed E-state index contributed by atoms with van der Waals surface area (Å²) in [6, 6.07) is 4.83. The second-order valence-corrected chi connectivity index (χ2v) is 6.49. The summed E-state index contributed by atoms with van der Waals surface area (Å²) in [6.45, 7) is 1.48. The highest BCUT2D eigenvalue weighted by Crippen LogP contribution is 2.36. The van der Waals surface area contributed by atoms with E-state index in [0.717, 1.165) is 0 Å². The number of rotatable bonds is 4. The van der Waals surface area contributed by atoms with Gasteiger partial charge in [0.15, 0.2) is 0 Å². The van der Waals surface area contributed by atoms with Gasteiger partial charge in [-0.1, -0.05) is 6.07 Å². The summed E-state index contributed by atoms with van der Waals surface area (Å²) in [5, 5.41) is 2.38. The van der Waals surface area contributed by atoms with E-state index in [2.05, 4.69) is 20.3 Å². The maximum Gasteiger partial charge on any atom is 0.416 e. The van der Waals surface area contributed by atoms with Gasteiger partial charge in [0.1, 0.15) is 5.69 Å². The number of aromatic nitrogens is 3. The topological polar surface area (TPSA) is 67.8 Å². The van der Waals surface area contributed by atoms with Crippen molar-refractivity contribution in [1.82, 2.24) is 20.3 Å². The van der Waals surface area contributed by atoms with Crippen LogP contribution in [0.5, 0.6) is 0 Å². The Morgan fingerprint density at radius 1 is 0.871 bits per heavy atom. The van der Waals surface area contributed by atoms with E-state index in [1.54, 1.807) is 18.2 Å². The van der Waals surface area contributed by atoms with Gasteiger partial charge in [-0.25, -0.2) is 0 Å². The number of hydrogen-bond donors (Lipinski definition) is 1. The molecule has 3 rings (SSSR count). The molecule has 0 aliphatic carbocycles.